The molecule has 0 atom stereocenters. The Hall–Kier alpha value is -1.70. The van der Waals surface area contributed by atoms with Gasteiger partial charge in [0.1, 0.15) is 0 Å². The number of aryl methyl sites for hydroxylation is 3. The molecule has 110 valence electrons. The van der Waals surface area contributed by atoms with Crippen molar-refractivity contribution < 1.29 is 9.46 Å². The number of fused-ring (bicyclic) bond motifs is 3. The summed E-state index contributed by atoms with van der Waals surface area (Å²) < 4.78 is 10.8. The molecular weight excluding hydrogens is 281 g/mol. The highest BCUT2D eigenvalue weighted by molar-refractivity contribution is 7.16. The van der Waals surface area contributed by atoms with E-state index in [0.717, 1.165) is 12.8 Å². The van der Waals surface area contributed by atoms with Crippen molar-refractivity contribution in [2.24, 2.45) is 7.05 Å². The molecule has 0 amide bonds. The van der Waals surface area contributed by atoms with Gasteiger partial charge in [0.05, 0.1) is 5.52 Å². The first-order valence-electron chi connectivity index (χ1n) is 7.14. The van der Waals surface area contributed by atoms with Gasteiger partial charge in [-0.1, -0.05) is 44.2 Å². The molecule has 21 heavy (non-hydrogen) atoms. The Bertz CT molecular complexity index is 777. The van der Waals surface area contributed by atoms with Crippen LogP contribution in [0.4, 0.5) is 0 Å². The lowest BCUT2D eigenvalue weighted by Gasteiger charge is -2.09. The molecule has 0 aliphatic carbocycles. The molecule has 1 heterocycles. The van der Waals surface area contributed by atoms with Crippen LogP contribution in [0.1, 0.15) is 25.0 Å². The third-order valence-corrected chi connectivity index (χ3v) is 4.01. The Morgan fingerprint density at radius 2 is 1.71 bits per heavy atom. The van der Waals surface area contributed by atoms with Crippen LogP contribution in [0.3, 0.4) is 0 Å². The maximum Gasteiger partial charge on any atom is 0.324 e. The molecule has 0 bridgehead atoms. The second-order valence-corrected chi connectivity index (χ2v) is 5.13. The summed E-state index contributed by atoms with van der Waals surface area (Å²) in [5.41, 5.74) is 5.73. The van der Waals surface area contributed by atoms with Crippen LogP contribution in [0.5, 0.6) is 0 Å². The van der Waals surface area contributed by atoms with Gasteiger partial charge in [-0.05, 0) is 30.0 Å². The van der Waals surface area contributed by atoms with E-state index in [0.29, 0.717) is 0 Å². The molecule has 3 rings (SSSR count). The van der Waals surface area contributed by atoms with Crippen LogP contribution in [-0.4, -0.2) is 9.46 Å². The van der Waals surface area contributed by atoms with E-state index < -0.39 is 8.69 Å². The van der Waals surface area contributed by atoms with E-state index >= 15 is 0 Å². The summed E-state index contributed by atoms with van der Waals surface area (Å²) in [7, 11) is 1.35. The molecule has 0 saturated carbocycles. The molecule has 1 aromatic heterocycles. The third-order valence-electron chi connectivity index (χ3n) is 4.01. The molecule has 0 aliphatic heterocycles. The van der Waals surface area contributed by atoms with Crippen LogP contribution in [0, 0.1) is 0 Å². The van der Waals surface area contributed by atoms with Gasteiger partial charge in [0, 0.05) is 23.3 Å². The first-order chi connectivity index (χ1) is 10.2. The van der Waals surface area contributed by atoms with Crippen LogP contribution >= 0.6 is 8.69 Å². The molecule has 1 N–H and O–H groups in total. The first-order valence-corrected chi connectivity index (χ1v) is 7.90. The molecule has 4 heteroatoms. The van der Waals surface area contributed by atoms with Crippen LogP contribution in [0.25, 0.3) is 21.8 Å². The van der Waals surface area contributed by atoms with Gasteiger partial charge in [-0.15, -0.1) is 0 Å². The number of rotatable bonds is 2. The zero-order valence-corrected chi connectivity index (χ0v) is 13.5. The summed E-state index contributed by atoms with van der Waals surface area (Å²) in [5.74, 6) is 0. The van der Waals surface area contributed by atoms with Crippen molar-refractivity contribution in [1.82, 2.24) is 4.57 Å². The minimum absolute atomic E-state index is 0.833. The topological polar surface area (TPSA) is 42.2 Å². The molecule has 0 radical (unpaired) electrons. The van der Waals surface area contributed by atoms with Crippen molar-refractivity contribution >= 4 is 30.5 Å². The Labute approximate surface area is 126 Å². The van der Waals surface area contributed by atoms with E-state index in [1.165, 1.54) is 32.9 Å². The fourth-order valence-corrected chi connectivity index (χ4v) is 3.12. The van der Waals surface area contributed by atoms with Crippen molar-refractivity contribution in [3.8, 4) is 0 Å². The number of hydrogen-bond acceptors (Lipinski definition) is 1. The second kappa shape index (κ2) is 6.84. The maximum absolute atomic E-state index is 8.46. The van der Waals surface area contributed by atoms with E-state index in [1.807, 2.05) is 0 Å². The van der Waals surface area contributed by atoms with Gasteiger partial charge >= 0.3 is 8.69 Å². The Morgan fingerprint density at radius 3 is 2.33 bits per heavy atom. The van der Waals surface area contributed by atoms with E-state index in [1.54, 1.807) is 0 Å². The van der Waals surface area contributed by atoms with Crippen molar-refractivity contribution in [3.63, 3.8) is 0 Å². The number of hydrogen-bond donors (Lipinski definition) is 1. The summed E-state index contributed by atoms with van der Waals surface area (Å²) in [6.07, 6.45) is 2.21. The summed E-state index contributed by atoms with van der Waals surface area (Å²) in [5, 5.41) is 2.76. The first kappa shape index (κ1) is 15.7. The SMILES string of the molecule is CCc1ccc2c3ccccc3n(C)c2c1CC.O=PO. The van der Waals surface area contributed by atoms with Crippen LogP contribution in [-0.2, 0) is 24.5 Å². The summed E-state index contributed by atoms with van der Waals surface area (Å²) in [4.78, 5) is 6.99. The highest BCUT2D eigenvalue weighted by Crippen LogP contribution is 2.32. The average molecular weight is 301 g/mol. The smallest absolute Gasteiger partial charge is 0.324 e. The molecule has 3 aromatic rings. The van der Waals surface area contributed by atoms with E-state index in [-0.39, 0.29) is 0 Å². The fraction of sp³-hybridized carbons (Fsp3) is 0.294. The molecule has 2 aromatic carbocycles. The largest absolute Gasteiger partial charge is 0.343 e. The van der Waals surface area contributed by atoms with Crippen molar-refractivity contribution in [3.05, 3.63) is 47.5 Å². The highest BCUT2D eigenvalue weighted by atomic mass is 31.1. The summed E-state index contributed by atoms with van der Waals surface area (Å²) in [6, 6.07) is 13.3. The van der Waals surface area contributed by atoms with Crippen molar-refractivity contribution in [2.75, 3.05) is 0 Å². The van der Waals surface area contributed by atoms with E-state index in [9.17, 15) is 0 Å². The third kappa shape index (κ3) is 2.72. The van der Waals surface area contributed by atoms with E-state index in [2.05, 4.69) is 61.9 Å². The van der Waals surface area contributed by atoms with Crippen LogP contribution in [0.2, 0.25) is 0 Å². The molecular formula is C17H20NO2P. The standard InChI is InChI=1S/C17H19N.HO2P/c1-4-12-10-11-15-14-8-6-7-9-16(14)18(3)17(15)13(12)5-2;1-3-2/h6-11H,4-5H2,1-3H3;(H,1,2). The quantitative estimate of drug-likeness (QED) is 0.700. The zero-order valence-electron chi connectivity index (χ0n) is 12.6. The van der Waals surface area contributed by atoms with E-state index in [4.69, 9.17) is 9.46 Å². The molecule has 0 fully saturated rings. The van der Waals surface area contributed by atoms with Gasteiger partial charge in [0.15, 0.2) is 0 Å². The number of nitrogens with zero attached hydrogens (tertiary/aromatic N) is 1. The molecule has 0 saturated heterocycles. The zero-order chi connectivity index (χ0) is 15.4. The molecule has 0 unspecified atom stereocenters. The minimum Gasteiger partial charge on any atom is -0.343 e. The van der Waals surface area contributed by atoms with Crippen molar-refractivity contribution in [2.45, 2.75) is 26.7 Å². The maximum atomic E-state index is 8.46. The number of aromatic nitrogens is 1. The predicted octanol–water partition coefficient (Wildman–Crippen LogP) is 4.64. The van der Waals surface area contributed by atoms with Crippen LogP contribution < -0.4 is 0 Å². The summed E-state index contributed by atoms with van der Waals surface area (Å²) in [6.45, 7) is 4.49. The monoisotopic (exact) mass is 301 g/mol. The van der Waals surface area contributed by atoms with Gasteiger partial charge in [-0.2, -0.15) is 0 Å². The minimum atomic E-state index is -0.833. The lowest BCUT2D eigenvalue weighted by atomic mass is 9.99. The Balaban J connectivity index is 0.000000497. The van der Waals surface area contributed by atoms with Crippen LogP contribution in [0.15, 0.2) is 36.4 Å². The normalized spacial score (nSPS) is 10.9. The molecule has 3 nitrogen and oxygen atoms in total. The van der Waals surface area contributed by atoms with Crippen molar-refractivity contribution in [1.29, 1.82) is 0 Å². The van der Waals surface area contributed by atoms with Gasteiger partial charge in [-0.3, -0.25) is 0 Å². The number of benzene rings is 2. The van der Waals surface area contributed by atoms with Gasteiger partial charge in [-0.25, -0.2) is 4.57 Å². The molecule has 0 aliphatic rings. The Morgan fingerprint density at radius 1 is 1.05 bits per heavy atom. The Kier molecular flexibility index (Phi) is 5.11. The average Bonchev–Trinajstić information content (AvgIpc) is 2.81. The van der Waals surface area contributed by atoms with Gasteiger partial charge in [0.2, 0.25) is 0 Å². The lowest BCUT2D eigenvalue weighted by molar-refractivity contribution is 0.524. The summed E-state index contributed by atoms with van der Waals surface area (Å²) >= 11 is 0. The number of para-hydroxylation sites is 1. The lowest BCUT2D eigenvalue weighted by Crippen LogP contribution is -1.96. The van der Waals surface area contributed by atoms with Gasteiger partial charge < -0.3 is 9.46 Å². The highest BCUT2D eigenvalue weighted by Gasteiger charge is 2.12. The molecule has 0 spiro atoms. The second-order valence-electron chi connectivity index (χ2n) is 4.96. The fourth-order valence-electron chi connectivity index (χ4n) is 3.12. The van der Waals surface area contributed by atoms with Gasteiger partial charge in [0.25, 0.3) is 0 Å². The predicted molar refractivity (Wildman–Crippen MR) is 89.0 cm³/mol.